The number of hydrogen-bond acceptors (Lipinski definition) is 6. The van der Waals surface area contributed by atoms with Gasteiger partial charge < -0.3 is 29.9 Å². The summed E-state index contributed by atoms with van der Waals surface area (Å²) in [5, 5.41) is 40.6. The highest BCUT2D eigenvalue weighted by Crippen LogP contribution is 2.26. The number of ether oxygens (including phenoxy) is 2. The van der Waals surface area contributed by atoms with Crippen LogP contribution in [0.3, 0.4) is 0 Å². The van der Waals surface area contributed by atoms with Gasteiger partial charge in [0, 0.05) is 0 Å². The molecule has 3 rings (SSSR count). The molecule has 0 saturated carbocycles. The summed E-state index contributed by atoms with van der Waals surface area (Å²) in [4.78, 5) is 0. The van der Waals surface area contributed by atoms with E-state index in [2.05, 4.69) is 0 Å². The maximum atomic E-state index is 9.95. The average molecular weight is 306 g/mol. The average Bonchev–Trinajstić information content (AvgIpc) is 2.55. The third kappa shape index (κ3) is 2.79. The largest absolute Gasteiger partial charge is 0.462 e. The molecule has 22 heavy (non-hydrogen) atoms. The Bertz CT molecular complexity index is 643. The second-order valence-electron chi connectivity index (χ2n) is 5.32. The lowest BCUT2D eigenvalue weighted by molar-refractivity contribution is -0.277. The Morgan fingerprint density at radius 2 is 1.64 bits per heavy atom. The van der Waals surface area contributed by atoms with Crippen LogP contribution in [-0.2, 0) is 4.74 Å². The Balaban J connectivity index is 1.80. The molecule has 0 amide bonds. The van der Waals surface area contributed by atoms with Gasteiger partial charge in [-0.15, -0.1) is 0 Å². The fourth-order valence-electron chi connectivity index (χ4n) is 2.54. The summed E-state index contributed by atoms with van der Waals surface area (Å²) in [5.41, 5.74) is 0. The lowest BCUT2D eigenvalue weighted by Crippen LogP contribution is -2.60. The highest BCUT2D eigenvalue weighted by Gasteiger charge is 2.44. The maximum absolute atomic E-state index is 9.95. The van der Waals surface area contributed by atoms with Crippen molar-refractivity contribution in [3.8, 4) is 5.75 Å². The van der Waals surface area contributed by atoms with Crippen LogP contribution in [0.5, 0.6) is 5.75 Å². The summed E-state index contributed by atoms with van der Waals surface area (Å²) < 4.78 is 10.9. The molecular formula is C16H18O6. The van der Waals surface area contributed by atoms with Crippen molar-refractivity contribution in [1.82, 2.24) is 0 Å². The third-order valence-corrected chi connectivity index (χ3v) is 3.82. The molecule has 1 fully saturated rings. The number of benzene rings is 2. The van der Waals surface area contributed by atoms with Gasteiger partial charge >= 0.3 is 0 Å². The van der Waals surface area contributed by atoms with E-state index in [1.807, 2.05) is 30.3 Å². The number of aliphatic hydroxyl groups excluding tert-OH is 4. The molecule has 6 nitrogen and oxygen atoms in total. The van der Waals surface area contributed by atoms with E-state index in [1.165, 1.54) is 0 Å². The molecule has 0 unspecified atom stereocenters. The molecule has 2 aromatic rings. The second kappa shape index (κ2) is 6.20. The van der Waals surface area contributed by atoms with E-state index in [4.69, 9.17) is 14.6 Å². The van der Waals surface area contributed by atoms with Crippen LogP contribution in [0, 0.1) is 0 Å². The zero-order valence-electron chi connectivity index (χ0n) is 11.7. The standard InChI is InChI=1S/C16H18O6/c17-8-12-13(18)14(19)15(20)16(22-12)21-11-6-5-9-3-1-2-4-10(9)7-11/h1-7,12-20H,8H2/t12-,13-,14+,15-,16-/m0/s1. The van der Waals surface area contributed by atoms with Crippen LogP contribution in [0.15, 0.2) is 42.5 Å². The Labute approximate surface area is 127 Å². The Hall–Kier alpha value is -1.70. The topological polar surface area (TPSA) is 99.4 Å². The van der Waals surface area contributed by atoms with E-state index < -0.39 is 37.3 Å². The predicted octanol–water partition coefficient (Wildman–Crippen LogP) is 0.0185. The quantitative estimate of drug-likeness (QED) is 0.638. The number of fused-ring (bicyclic) bond motifs is 1. The van der Waals surface area contributed by atoms with Crippen molar-refractivity contribution in [2.24, 2.45) is 0 Å². The lowest BCUT2D eigenvalue weighted by atomic mass is 9.99. The summed E-state index contributed by atoms with van der Waals surface area (Å²) >= 11 is 0. The smallest absolute Gasteiger partial charge is 0.229 e. The van der Waals surface area contributed by atoms with Gasteiger partial charge in [-0.3, -0.25) is 0 Å². The van der Waals surface area contributed by atoms with Crippen LogP contribution in [0.25, 0.3) is 10.8 Å². The first-order valence-electron chi connectivity index (χ1n) is 7.06. The highest BCUT2D eigenvalue weighted by atomic mass is 16.7. The van der Waals surface area contributed by atoms with Crippen LogP contribution < -0.4 is 4.74 Å². The van der Waals surface area contributed by atoms with Gasteiger partial charge in [0.25, 0.3) is 0 Å². The molecule has 1 saturated heterocycles. The van der Waals surface area contributed by atoms with Gasteiger partial charge in [-0.05, 0) is 22.9 Å². The van der Waals surface area contributed by atoms with Gasteiger partial charge in [0.15, 0.2) is 0 Å². The van der Waals surface area contributed by atoms with E-state index in [-0.39, 0.29) is 0 Å². The Kier molecular flexibility index (Phi) is 4.28. The molecule has 0 aromatic heterocycles. The van der Waals surface area contributed by atoms with Crippen LogP contribution in [0.2, 0.25) is 0 Å². The Morgan fingerprint density at radius 3 is 2.36 bits per heavy atom. The molecule has 0 bridgehead atoms. The summed E-state index contributed by atoms with van der Waals surface area (Å²) in [5.74, 6) is 0.461. The van der Waals surface area contributed by atoms with Gasteiger partial charge in [0.2, 0.25) is 6.29 Å². The van der Waals surface area contributed by atoms with Gasteiger partial charge in [-0.2, -0.15) is 0 Å². The van der Waals surface area contributed by atoms with Gasteiger partial charge in [-0.1, -0.05) is 30.3 Å². The van der Waals surface area contributed by atoms with E-state index in [9.17, 15) is 15.3 Å². The number of rotatable bonds is 3. The zero-order valence-corrected chi connectivity index (χ0v) is 11.7. The summed E-state index contributed by atoms with van der Waals surface area (Å²) in [6, 6.07) is 13.1. The molecule has 4 N–H and O–H groups in total. The minimum Gasteiger partial charge on any atom is -0.462 e. The van der Waals surface area contributed by atoms with Gasteiger partial charge in [0.1, 0.15) is 30.2 Å². The second-order valence-corrected chi connectivity index (χ2v) is 5.32. The van der Waals surface area contributed by atoms with Crippen molar-refractivity contribution in [2.45, 2.75) is 30.7 Å². The van der Waals surface area contributed by atoms with Crippen molar-refractivity contribution in [1.29, 1.82) is 0 Å². The van der Waals surface area contributed by atoms with Crippen molar-refractivity contribution in [3.63, 3.8) is 0 Å². The fraction of sp³-hybridized carbons (Fsp3) is 0.375. The molecule has 0 radical (unpaired) electrons. The minimum atomic E-state index is -1.45. The molecule has 6 heteroatoms. The third-order valence-electron chi connectivity index (χ3n) is 3.82. The van der Waals surface area contributed by atoms with E-state index >= 15 is 0 Å². The fourth-order valence-corrected chi connectivity index (χ4v) is 2.54. The Morgan fingerprint density at radius 1 is 0.909 bits per heavy atom. The van der Waals surface area contributed by atoms with Crippen molar-refractivity contribution < 1.29 is 29.9 Å². The van der Waals surface area contributed by atoms with E-state index in [0.717, 1.165) is 10.8 Å². The van der Waals surface area contributed by atoms with Crippen LogP contribution in [0.1, 0.15) is 0 Å². The molecule has 118 valence electrons. The predicted molar refractivity (Wildman–Crippen MR) is 78.3 cm³/mol. The van der Waals surface area contributed by atoms with Crippen LogP contribution in [0.4, 0.5) is 0 Å². The first kappa shape index (κ1) is 15.2. The van der Waals surface area contributed by atoms with Crippen molar-refractivity contribution in [2.75, 3.05) is 6.61 Å². The van der Waals surface area contributed by atoms with E-state index in [1.54, 1.807) is 12.1 Å². The molecule has 1 aliphatic heterocycles. The number of hydrogen-bond donors (Lipinski definition) is 4. The molecule has 0 aliphatic carbocycles. The van der Waals surface area contributed by atoms with Gasteiger partial charge in [0.05, 0.1) is 6.61 Å². The number of aliphatic hydroxyl groups is 4. The van der Waals surface area contributed by atoms with Crippen LogP contribution >= 0.6 is 0 Å². The zero-order chi connectivity index (χ0) is 15.7. The molecule has 0 spiro atoms. The molecule has 5 atom stereocenters. The molecular weight excluding hydrogens is 288 g/mol. The molecule has 2 aromatic carbocycles. The van der Waals surface area contributed by atoms with Crippen molar-refractivity contribution in [3.05, 3.63) is 42.5 Å². The van der Waals surface area contributed by atoms with Crippen molar-refractivity contribution >= 4 is 10.8 Å². The summed E-state index contributed by atoms with van der Waals surface area (Å²) in [6.07, 6.45) is -6.40. The monoisotopic (exact) mass is 306 g/mol. The van der Waals surface area contributed by atoms with Crippen LogP contribution in [-0.4, -0.2) is 57.7 Å². The molecule has 1 heterocycles. The molecule has 1 aliphatic rings. The highest BCUT2D eigenvalue weighted by molar-refractivity contribution is 5.83. The van der Waals surface area contributed by atoms with Gasteiger partial charge in [-0.25, -0.2) is 0 Å². The summed E-state index contributed by atoms with van der Waals surface area (Å²) in [6.45, 7) is -0.484. The minimum absolute atomic E-state index is 0.461. The first-order chi connectivity index (χ1) is 10.6. The first-order valence-corrected chi connectivity index (χ1v) is 7.06. The summed E-state index contributed by atoms with van der Waals surface area (Å²) in [7, 11) is 0. The lowest BCUT2D eigenvalue weighted by Gasteiger charge is -2.39. The maximum Gasteiger partial charge on any atom is 0.229 e. The SMILES string of the molecule is OC[C@@H]1O[C@H](Oc2ccc3ccccc3c2)[C@@H](O)[C@H](O)[C@H]1O. The normalized spacial score (nSPS) is 32.1. The van der Waals surface area contributed by atoms with E-state index in [0.29, 0.717) is 5.75 Å².